The number of carbonyl (C=O) groups excluding carboxylic acids is 1. The minimum absolute atomic E-state index is 0.136. The summed E-state index contributed by atoms with van der Waals surface area (Å²) >= 11 is 1.80. The molecule has 126 valence electrons. The number of anilines is 2. The van der Waals surface area contributed by atoms with Crippen molar-refractivity contribution >= 4 is 29.0 Å². The average Bonchev–Trinajstić information content (AvgIpc) is 2.63. The molecule has 0 saturated heterocycles. The van der Waals surface area contributed by atoms with Crippen LogP contribution in [0.5, 0.6) is 0 Å². The number of hydrogen-bond acceptors (Lipinski definition) is 3. The summed E-state index contributed by atoms with van der Waals surface area (Å²) in [4.78, 5) is 17.1. The van der Waals surface area contributed by atoms with E-state index in [4.69, 9.17) is 0 Å². The Hall–Kier alpha value is -1.94. The number of fused-ring (bicyclic) bond motifs is 2. The van der Waals surface area contributed by atoms with E-state index in [1.807, 2.05) is 0 Å². The molecule has 0 radical (unpaired) electrons. The molecule has 1 amide bonds. The van der Waals surface area contributed by atoms with Gasteiger partial charge in [0.1, 0.15) is 0 Å². The summed E-state index contributed by atoms with van der Waals surface area (Å²) in [7, 11) is 0. The first kappa shape index (κ1) is 16.9. The third-order valence-corrected chi connectivity index (χ3v) is 5.58. The van der Waals surface area contributed by atoms with Crippen LogP contribution < -0.4 is 10.2 Å². The molecule has 2 aromatic rings. The maximum absolute atomic E-state index is 12.3. The summed E-state index contributed by atoms with van der Waals surface area (Å²) in [6.45, 7) is 4.92. The van der Waals surface area contributed by atoms with Gasteiger partial charge in [0.25, 0.3) is 0 Å². The molecular weight excluding hydrogens is 316 g/mol. The maximum Gasteiger partial charge on any atom is 0.222 e. The molecule has 1 N–H and O–H groups in total. The fraction of sp³-hybridized carbons (Fsp3) is 0.350. The second kappa shape index (κ2) is 7.75. The molecule has 0 saturated carbocycles. The fourth-order valence-corrected chi connectivity index (χ4v) is 4.12. The van der Waals surface area contributed by atoms with Gasteiger partial charge in [-0.3, -0.25) is 4.79 Å². The molecule has 3 rings (SSSR count). The zero-order chi connectivity index (χ0) is 16.9. The Morgan fingerprint density at radius 2 is 1.54 bits per heavy atom. The molecule has 0 spiro atoms. The standard InChI is InChI=1S/C20H24N2OS/c1-3-15(4-2)21-20(23)13-14-22-16-9-5-7-11-18(16)24-19-12-8-6-10-17(19)22/h5-12,15H,3-4,13-14H2,1-2H3,(H,21,23). The summed E-state index contributed by atoms with van der Waals surface area (Å²) in [5.74, 6) is 0.136. The molecule has 0 aromatic heterocycles. The van der Waals surface area contributed by atoms with Crippen molar-refractivity contribution in [2.45, 2.75) is 48.9 Å². The molecule has 1 aliphatic rings. The minimum atomic E-state index is 0.136. The number of nitrogens with zero attached hydrogens (tertiary/aromatic N) is 1. The number of amides is 1. The van der Waals surface area contributed by atoms with Gasteiger partial charge in [0.2, 0.25) is 5.91 Å². The number of carbonyl (C=O) groups is 1. The number of benzene rings is 2. The minimum Gasteiger partial charge on any atom is -0.353 e. The monoisotopic (exact) mass is 340 g/mol. The van der Waals surface area contributed by atoms with Crippen molar-refractivity contribution < 1.29 is 4.79 Å². The molecule has 24 heavy (non-hydrogen) atoms. The van der Waals surface area contributed by atoms with Gasteiger partial charge in [0, 0.05) is 28.8 Å². The molecular formula is C20H24N2OS. The topological polar surface area (TPSA) is 32.3 Å². The van der Waals surface area contributed by atoms with Crippen LogP contribution in [0, 0.1) is 0 Å². The van der Waals surface area contributed by atoms with Gasteiger partial charge in [0.15, 0.2) is 0 Å². The summed E-state index contributed by atoms with van der Waals surface area (Å²) in [5.41, 5.74) is 2.38. The van der Waals surface area contributed by atoms with Crippen LogP contribution in [0.3, 0.4) is 0 Å². The molecule has 3 nitrogen and oxygen atoms in total. The van der Waals surface area contributed by atoms with Gasteiger partial charge in [-0.25, -0.2) is 0 Å². The summed E-state index contributed by atoms with van der Waals surface area (Å²) in [6.07, 6.45) is 2.46. The first-order valence-corrected chi connectivity index (χ1v) is 9.47. The molecule has 1 heterocycles. The predicted octanol–water partition coefficient (Wildman–Crippen LogP) is 4.98. The Kier molecular flexibility index (Phi) is 5.46. The second-order valence-electron chi connectivity index (χ2n) is 6.02. The zero-order valence-electron chi connectivity index (χ0n) is 14.3. The molecule has 1 aliphatic heterocycles. The molecule has 0 bridgehead atoms. The van der Waals surface area contributed by atoms with Gasteiger partial charge < -0.3 is 10.2 Å². The van der Waals surface area contributed by atoms with Crippen LogP contribution in [-0.4, -0.2) is 18.5 Å². The molecule has 0 aliphatic carbocycles. The SMILES string of the molecule is CCC(CC)NC(=O)CCN1c2ccccc2Sc2ccccc21. The molecule has 0 unspecified atom stereocenters. The van der Waals surface area contributed by atoms with Crippen molar-refractivity contribution in [3.63, 3.8) is 0 Å². The van der Waals surface area contributed by atoms with E-state index in [-0.39, 0.29) is 11.9 Å². The largest absolute Gasteiger partial charge is 0.353 e. The highest BCUT2D eigenvalue weighted by atomic mass is 32.2. The van der Waals surface area contributed by atoms with E-state index >= 15 is 0 Å². The highest BCUT2D eigenvalue weighted by Gasteiger charge is 2.23. The number of rotatable bonds is 6. The third kappa shape index (κ3) is 3.59. The van der Waals surface area contributed by atoms with Crippen molar-refractivity contribution in [3.8, 4) is 0 Å². The Morgan fingerprint density at radius 3 is 2.08 bits per heavy atom. The van der Waals surface area contributed by atoms with Crippen molar-refractivity contribution in [1.82, 2.24) is 5.32 Å². The smallest absolute Gasteiger partial charge is 0.222 e. The van der Waals surface area contributed by atoms with Gasteiger partial charge in [-0.05, 0) is 37.1 Å². The Balaban J connectivity index is 1.77. The first-order chi connectivity index (χ1) is 11.7. The van der Waals surface area contributed by atoms with Crippen molar-refractivity contribution in [2.75, 3.05) is 11.4 Å². The van der Waals surface area contributed by atoms with E-state index in [2.05, 4.69) is 72.6 Å². The van der Waals surface area contributed by atoms with Gasteiger partial charge in [0.05, 0.1) is 11.4 Å². The highest BCUT2D eigenvalue weighted by molar-refractivity contribution is 7.99. The second-order valence-corrected chi connectivity index (χ2v) is 7.10. The maximum atomic E-state index is 12.3. The third-order valence-electron chi connectivity index (χ3n) is 4.45. The van der Waals surface area contributed by atoms with Gasteiger partial charge in [-0.15, -0.1) is 0 Å². The predicted molar refractivity (Wildman–Crippen MR) is 101 cm³/mol. The Bertz CT molecular complexity index is 667. The lowest BCUT2D eigenvalue weighted by atomic mass is 10.1. The first-order valence-electron chi connectivity index (χ1n) is 8.65. The average molecular weight is 340 g/mol. The lowest BCUT2D eigenvalue weighted by Crippen LogP contribution is -2.36. The van der Waals surface area contributed by atoms with Crippen LogP contribution in [0.2, 0.25) is 0 Å². The van der Waals surface area contributed by atoms with E-state index < -0.39 is 0 Å². The normalized spacial score (nSPS) is 12.7. The zero-order valence-corrected chi connectivity index (χ0v) is 15.1. The van der Waals surface area contributed by atoms with E-state index in [0.717, 1.165) is 12.8 Å². The lowest BCUT2D eigenvalue weighted by Gasteiger charge is -2.32. The number of nitrogens with one attached hydrogen (secondary N) is 1. The fourth-order valence-electron chi connectivity index (χ4n) is 3.03. The van der Waals surface area contributed by atoms with Crippen molar-refractivity contribution in [3.05, 3.63) is 48.5 Å². The van der Waals surface area contributed by atoms with Gasteiger partial charge in [-0.1, -0.05) is 49.9 Å². The number of hydrogen-bond donors (Lipinski definition) is 1. The highest BCUT2D eigenvalue weighted by Crippen LogP contribution is 2.47. The molecule has 4 heteroatoms. The quantitative estimate of drug-likeness (QED) is 0.804. The van der Waals surface area contributed by atoms with E-state index in [1.165, 1.54) is 21.2 Å². The Morgan fingerprint density at radius 1 is 1.00 bits per heavy atom. The molecule has 0 fully saturated rings. The van der Waals surface area contributed by atoms with Crippen LogP contribution in [0.4, 0.5) is 11.4 Å². The summed E-state index contributed by atoms with van der Waals surface area (Å²) in [6, 6.07) is 17.1. The summed E-state index contributed by atoms with van der Waals surface area (Å²) < 4.78 is 0. The van der Waals surface area contributed by atoms with E-state index in [1.54, 1.807) is 11.8 Å². The van der Waals surface area contributed by atoms with Crippen LogP contribution >= 0.6 is 11.8 Å². The van der Waals surface area contributed by atoms with E-state index in [0.29, 0.717) is 13.0 Å². The van der Waals surface area contributed by atoms with Crippen LogP contribution in [0.1, 0.15) is 33.1 Å². The van der Waals surface area contributed by atoms with Crippen molar-refractivity contribution in [2.24, 2.45) is 0 Å². The number of para-hydroxylation sites is 2. The van der Waals surface area contributed by atoms with Crippen LogP contribution in [-0.2, 0) is 4.79 Å². The van der Waals surface area contributed by atoms with Gasteiger partial charge in [-0.2, -0.15) is 0 Å². The van der Waals surface area contributed by atoms with Crippen LogP contribution in [0.15, 0.2) is 58.3 Å². The van der Waals surface area contributed by atoms with E-state index in [9.17, 15) is 4.79 Å². The lowest BCUT2D eigenvalue weighted by molar-refractivity contribution is -0.121. The van der Waals surface area contributed by atoms with Crippen molar-refractivity contribution in [1.29, 1.82) is 0 Å². The van der Waals surface area contributed by atoms with Gasteiger partial charge >= 0.3 is 0 Å². The Labute approximate surface area is 148 Å². The summed E-state index contributed by atoms with van der Waals surface area (Å²) in [5, 5.41) is 3.13. The molecule has 0 atom stereocenters. The molecule has 2 aromatic carbocycles. The van der Waals surface area contributed by atoms with Crippen LogP contribution in [0.25, 0.3) is 0 Å².